The Morgan fingerprint density at radius 2 is 1.73 bits per heavy atom. The van der Waals surface area contributed by atoms with Crippen molar-refractivity contribution >= 4 is 17.3 Å². The molecule has 0 unspecified atom stereocenters. The van der Waals surface area contributed by atoms with Gasteiger partial charge in [0.05, 0.1) is 26.2 Å². The molecule has 26 heavy (non-hydrogen) atoms. The molecule has 136 valence electrons. The van der Waals surface area contributed by atoms with Gasteiger partial charge in [-0.15, -0.1) is 0 Å². The molecule has 1 amide bonds. The molecule has 0 aliphatic carbocycles. The summed E-state index contributed by atoms with van der Waals surface area (Å²) in [5.74, 6) is 0.533. The molecule has 0 bridgehead atoms. The average Bonchev–Trinajstić information content (AvgIpc) is 3.12. The van der Waals surface area contributed by atoms with Crippen LogP contribution in [-0.4, -0.2) is 49.8 Å². The van der Waals surface area contributed by atoms with Crippen LogP contribution in [0, 0.1) is 0 Å². The Hall–Kier alpha value is -2.53. The first-order chi connectivity index (χ1) is 12.6. The third kappa shape index (κ3) is 3.15. The smallest absolute Gasteiger partial charge is 0.284 e. The van der Waals surface area contributed by atoms with Crippen LogP contribution >= 0.6 is 0 Å². The molecule has 0 radical (unpaired) electrons. The van der Waals surface area contributed by atoms with Crippen LogP contribution in [0.3, 0.4) is 0 Å². The van der Waals surface area contributed by atoms with Crippen molar-refractivity contribution in [2.24, 2.45) is 0 Å². The number of hydrogen-bond donors (Lipinski definition) is 2. The van der Waals surface area contributed by atoms with E-state index in [4.69, 9.17) is 0 Å². The number of para-hydroxylation sites is 1. The molecule has 2 aromatic rings. The van der Waals surface area contributed by atoms with Gasteiger partial charge in [0, 0.05) is 17.9 Å². The second-order valence-electron chi connectivity index (χ2n) is 7.25. The average molecular weight is 352 g/mol. The fraction of sp³-hybridized carbons (Fsp3) is 0.381. The highest BCUT2D eigenvalue weighted by Gasteiger charge is 2.35. The van der Waals surface area contributed by atoms with Crippen molar-refractivity contribution in [1.82, 2.24) is 0 Å². The van der Waals surface area contributed by atoms with E-state index in [0.717, 1.165) is 50.5 Å². The van der Waals surface area contributed by atoms with Gasteiger partial charge in [0.15, 0.2) is 6.04 Å². The fourth-order valence-electron chi connectivity index (χ4n) is 4.12. The molecule has 0 saturated carbocycles. The Balaban J connectivity index is 1.38. The van der Waals surface area contributed by atoms with E-state index in [1.54, 1.807) is 12.1 Å². The number of carbonyl (C=O) groups excluding carboxylic acids is 1. The molecule has 5 nitrogen and oxygen atoms in total. The van der Waals surface area contributed by atoms with Gasteiger partial charge in [-0.1, -0.05) is 18.2 Å². The van der Waals surface area contributed by atoms with Gasteiger partial charge >= 0.3 is 0 Å². The van der Waals surface area contributed by atoms with Crippen molar-refractivity contribution in [1.29, 1.82) is 0 Å². The first-order valence-corrected chi connectivity index (χ1v) is 9.41. The number of benzene rings is 2. The molecule has 0 aromatic heterocycles. The van der Waals surface area contributed by atoms with Gasteiger partial charge in [0.2, 0.25) is 0 Å². The quantitative estimate of drug-likeness (QED) is 0.869. The maximum Gasteiger partial charge on any atom is 0.284 e. The number of carbonyl (C=O) groups is 1. The SMILES string of the molecule is C[C@H](C(=O)N1CCc2ccccc21)[NH+]1CCN(c2ccc(O)cc2)CC1. The van der Waals surface area contributed by atoms with Gasteiger partial charge in [-0.2, -0.15) is 0 Å². The summed E-state index contributed by atoms with van der Waals surface area (Å²) >= 11 is 0. The van der Waals surface area contributed by atoms with Crippen LogP contribution in [0.25, 0.3) is 0 Å². The Bertz CT molecular complexity index is 782. The zero-order valence-electron chi connectivity index (χ0n) is 15.2. The summed E-state index contributed by atoms with van der Waals surface area (Å²) in [5, 5.41) is 9.44. The molecular formula is C21H26N3O2+. The lowest BCUT2D eigenvalue weighted by atomic mass is 10.1. The minimum atomic E-state index is -0.0249. The van der Waals surface area contributed by atoms with E-state index in [1.807, 2.05) is 29.2 Å². The van der Waals surface area contributed by atoms with Crippen LogP contribution in [0.4, 0.5) is 11.4 Å². The maximum absolute atomic E-state index is 13.1. The van der Waals surface area contributed by atoms with Gasteiger partial charge in [-0.05, 0) is 49.2 Å². The minimum Gasteiger partial charge on any atom is -0.508 e. The summed E-state index contributed by atoms with van der Waals surface area (Å²) in [6.45, 7) is 6.61. The third-order valence-corrected chi connectivity index (χ3v) is 5.76. The van der Waals surface area contributed by atoms with Crippen LogP contribution in [0.5, 0.6) is 5.75 Å². The van der Waals surface area contributed by atoms with E-state index in [0.29, 0.717) is 5.75 Å². The maximum atomic E-state index is 13.1. The lowest BCUT2D eigenvalue weighted by Gasteiger charge is -2.37. The van der Waals surface area contributed by atoms with E-state index in [2.05, 4.69) is 24.0 Å². The Labute approximate surface area is 154 Å². The Morgan fingerprint density at radius 3 is 2.46 bits per heavy atom. The van der Waals surface area contributed by atoms with Crippen LogP contribution in [0.2, 0.25) is 0 Å². The first-order valence-electron chi connectivity index (χ1n) is 9.41. The summed E-state index contributed by atoms with van der Waals surface area (Å²) in [4.78, 5) is 18.7. The van der Waals surface area contributed by atoms with E-state index < -0.39 is 0 Å². The van der Waals surface area contributed by atoms with Crippen molar-refractivity contribution in [2.75, 3.05) is 42.5 Å². The van der Waals surface area contributed by atoms with Crippen molar-refractivity contribution < 1.29 is 14.8 Å². The van der Waals surface area contributed by atoms with Gasteiger partial charge in [-0.25, -0.2) is 0 Å². The van der Waals surface area contributed by atoms with Crippen LogP contribution < -0.4 is 14.7 Å². The van der Waals surface area contributed by atoms with Gasteiger partial charge in [-0.3, -0.25) is 4.79 Å². The molecular weight excluding hydrogens is 326 g/mol. The summed E-state index contributed by atoms with van der Waals surface area (Å²) in [7, 11) is 0. The summed E-state index contributed by atoms with van der Waals surface area (Å²) < 4.78 is 0. The number of phenols is 1. The predicted molar refractivity (Wildman–Crippen MR) is 103 cm³/mol. The van der Waals surface area contributed by atoms with Gasteiger partial charge in [0.1, 0.15) is 5.75 Å². The summed E-state index contributed by atoms with van der Waals surface area (Å²) in [5.41, 5.74) is 3.50. The van der Waals surface area contributed by atoms with Crippen LogP contribution in [0.1, 0.15) is 12.5 Å². The number of fused-ring (bicyclic) bond motifs is 1. The molecule has 2 aliphatic rings. The summed E-state index contributed by atoms with van der Waals surface area (Å²) in [6, 6.07) is 15.6. The van der Waals surface area contributed by atoms with Gasteiger partial charge < -0.3 is 19.8 Å². The minimum absolute atomic E-state index is 0.0249. The predicted octanol–water partition coefficient (Wildman–Crippen LogP) is 1.07. The molecule has 2 heterocycles. The standard InChI is InChI=1S/C21H25N3O2/c1-16(21(26)24-11-10-17-4-2-3-5-20(17)24)22-12-14-23(15-13-22)18-6-8-19(25)9-7-18/h2-9,16,25H,10-15H2,1H3/p+1/t16-/m1/s1. The highest BCUT2D eigenvalue weighted by molar-refractivity contribution is 5.97. The number of aromatic hydroxyl groups is 1. The first kappa shape index (κ1) is 16.9. The third-order valence-electron chi connectivity index (χ3n) is 5.76. The highest BCUT2D eigenvalue weighted by atomic mass is 16.3. The number of nitrogens with one attached hydrogen (secondary N) is 1. The number of nitrogens with zero attached hydrogens (tertiary/aromatic N) is 2. The number of rotatable bonds is 3. The van der Waals surface area contributed by atoms with Crippen molar-refractivity contribution in [3.63, 3.8) is 0 Å². The van der Waals surface area contributed by atoms with Crippen LogP contribution in [0.15, 0.2) is 48.5 Å². The molecule has 0 spiro atoms. The van der Waals surface area contributed by atoms with Crippen LogP contribution in [-0.2, 0) is 11.2 Å². The number of amides is 1. The normalized spacial score (nSPS) is 18.7. The van der Waals surface area contributed by atoms with E-state index in [9.17, 15) is 9.90 Å². The van der Waals surface area contributed by atoms with Crippen molar-refractivity contribution in [3.8, 4) is 5.75 Å². The second-order valence-corrected chi connectivity index (χ2v) is 7.25. The second kappa shape index (κ2) is 7.00. The monoisotopic (exact) mass is 352 g/mol. The zero-order chi connectivity index (χ0) is 18.1. The molecule has 2 aliphatic heterocycles. The zero-order valence-corrected chi connectivity index (χ0v) is 15.2. The molecule has 5 heteroatoms. The lowest BCUT2D eigenvalue weighted by Crippen LogP contribution is -3.19. The molecule has 1 fully saturated rings. The summed E-state index contributed by atoms with van der Waals surface area (Å²) in [6.07, 6.45) is 0.957. The molecule has 4 rings (SSSR count). The molecule has 1 atom stereocenters. The van der Waals surface area contributed by atoms with E-state index in [1.165, 1.54) is 10.5 Å². The number of phenolic OH excluding ortho intramolecular Hbond substituents is 1. The number of piperazine rings is 1. The number of anilines is 2. The largest absolute Gasteiger partial charge is 0.508 e. The Morgan fingerprint density at radius 1 is 1.04 bits per heavy atom. The number of hydrogen-bond acceptors (Lipinski definition) is 3. The van der Waals surface area contributed by atoms with E-state index >= 15 is 0 Å². The van der Waals surface area contributed by atoms with Crippen molar-refractivity contribution in [2.45, 2.75) is 19.4 Å². The lowest BCUT2D eigenvalue weighted by molar-refractivity contribution is -0.914. The molecule has 2 aromatic carbocycles. The Kier molecular flexibility index (Phi) is 4.55. The van der Waals surface area contributed by atoms with Crippen molar-refractivity contribution in [3.05, 3.63) is 54.1 Å². The topological polar surface area (TPSA) is 48.2 Å². The van der Waals surface area contributed by atoms with Gasteiger partial charge in [0.25, 0.3) is 5.91 Å². The number of quaternary nitrogens is 1. The molecule has 1 saturated heterocycles. The van der Waals surface area contributed by atoms with E-state index in [-0.39, 0.29) is 11.9 Å². The fourth-order valence-corrected chi connectivity index (χ4v) is 4.12. The highest BCUT2D eigenvalue weighted by Crippen LogP contribution is 2.27. The molecule has 2 N–H and O–H groups in total.